The molecule has 0 aromatic carbocycles. The summed E-state index contributed by atoms with van der Waals surface area (Å²) in [5.74, 6) is 5.87. The summed E-state index contributed by atoms with van der Waals surface area (Å²) in [5, 5.41) is 2.59. The number of aromatic nitrogens is 1. The maximum atomic E-state index is 11.4. The van der Waals surface area contributed by atoms with Crippen LogP contribution in [0.1, 0.15) is 37.7 Å². The number of hydrogen-bond donors (Lipinski definition) is 1. The van der Waals surface area contributed by atoms with E-state index < -0.39 is 11.7 Å². The summed E-state index contributed by atoms with van der Waals surface area (Å²) in [6.45, 7) is 9.58. The Labute approximate surface area is 114 Å². The normalized spacial score (nSPS) is 10.4. The zero-order valence-electron chi connectivity index (χ0n) is 12.1. The van der Waals surface area contributed by atoms with Gasteiger partial charge >= 0.3 is 6.09 Å². The lowest BCUT2D eigenvalue weighted by molar-refractivity contribution is 0.0535. The van der Waals surface area contributed by atoms with Gasteiger partial charge in [-0.3, -0.25) is 4.98 Å². The molecular formula is C15H20N2O2. The number of pyridine rings is 1. The molecule has 1 N–H and O–H groups in total. The van der Waals surface area contributed by atoms with Crippen molar-refractivity contribution >= 4 is 6.09 Å². The molecule has 4 heteroatoms. The molecule has 4 nitrogen and oxygen atoms in total. The molecule has 0 aliphatic rings. The molecule has 0 saturated heterocycles. The monoisotopic (exact) mass is 260 g/mol. The van der Waals surface area contributed by atoms with Gasteiger partial charge in [-0.25, -0.2) is 4.79 Å². The third-order valence-electron chi connectivity index (χ3n) is 2.03. The van der Waals surface area contributed by atoms with Crippen molar-refractivity contribution in [3.05, 3.63) is 29.1 Å². The molecule has 0 unspecified atom stereocenters. The van der Waals surface area contributed by atoms with Crippen LogP contribution in [0, 0.1) is 25.7 Å². The fraction of sp³-hybridized carbons (Fsp3) is 0.467. The van der Waals surface area contributed by atoms with Gasteiger partial charge in [-0.15, -0.1) is 0 Å². The van der Waals surface area contributed by atoms with Crippen molar-refractivity contribution in [3.63, 3.8) is 0 Å². The summed E-state index contributed by atoms with van der Waals surface area (Å²) in [5.41, 5.74) is 2.28. The Morgan fingerprint density at radius 1 is 1.32 bits per heavy atom. The van der Waals surface area contributed by atoms with Crippen LogP contribution < -0.4 is 5.32 Å². The predicted octanol–water partition coefficient (Wildman–Crippen LogP) is 2.57. The Morgan fingerprint density at radius 3 is 2.42 bits per heavy atom. The van der Waals surface area contributed by atoms with E-state index in [1.54, 1.807) is 0 Å². The molecule has 1 amide bonds. The van der Waals surface area contributed by atoms with Gasteiger partial charge in [0.05, 0.1) is 6.54 Å². The smallest absolute Gasteiger partial charge is 0.408 e. The van der Waals surface area contributed by atoms with Crippen LogP contribution in [0.15, 0.2) is 12.1 Å². The highest BCUT2D eigenvalue weighted by molar-refractivity contribution is 5.68. The second kappa shape index (κ2) is 6.24. The van der Waals surface area contributed by atoms with Gasteiger partial charge in [-0.1, -0.05) is 11.8 Å². The number of carbonyl (C=O) groups excluding carboxylic acids is 1. The Bertz CT molecular complexity index is 499. The molecule has 102 valence electrons. The lowest BCUT2D eigenvalue weighted by Crippen LogP contribution is -2.32. The third-order valence-corrected chi connectivity index (χ3v) is 2.03. The number of rotatable bonds is 1. The first-order chi connectivity index (χ1) is 8.76. The number of nitrogens with one attached hydrogen (secondary N) is 1. The van der Waals surface area contributed by atoms with Crippen molar-refractivity contribution in [2.45, 2.75) is 40.2 Å². The maximum Gasteiger partial charge on any atom is 0.408 e. The van der Waals surface area contributed by atoms with E-state index in [2.05, 4.69) is 22.1 Å². The molecule has 0 radical (unpaired) electrons. The van der Waals surface area contributed by atoms with Gasteiger partial charge in [-0.05, 0) is 46.8 Å². The Kier molecular flexibility index (Phi) is 4.94. The molecule has 0 aliphatic heterocycles. The van der Waals surface area contributed by atoms with Crippen LogP contribution in [0.4, 0.5) is 4.79 Å². The maximum absolute atomic E-state index is 11.4. The minimum atomic E-state index is -0.489. The summed E-state index contributed by atoms with van der Waals surface area (Å²) >= 11 is 0. The molecule has 0 bridgehead atoms. The topological polar surface area (TPSA) is 51.2 Å². The van der Waals surface area contributed by atoms with Gasteiger partial charge in [0.2, 0.25) is 0 Å². The lowest BCUT2D eigenvalue weighted by Gasteiger charge is -2.19. The number of carbonyl (C=O) groups is 1. The van der Waals surface area contributed by atoms with Crippen LogP contribution in [-0.2, 0) is 4.74 Å². The predicted molar refractivity (Wildman–Crippen MR) is 74.8 cm³/mol. The summed E-state index contributed by atoms with van der Waals surface area (Å²) in [7, 11) is 0. The number of hydrogen-bond acceptors (Lipinski definition) is 3. The molecule has 1 rings (SSSR count). The molecule has 0 aliphatic carbocycles. The van der Waals surface area contributed by atoms with Crippen LogP contribution in [-0.4, -0.2) is 23.2 Å². The van der Waals surface area contributed by atoms with Crippen LogP contribution >= 0.6 is 0 Å². The second-order valence-electron chi connectivity index (χ2n) is 5.30. The zero-order valence-corrected chi connectivity index (χ0v) is 12.1. The molecule has 1 aromatic heterocycles. The highest BCUT2D eigenvalue weighted by Gasteiger charge is 2.14. The lowest BCUT2D eigenvalue weighted by atomic mass is 10.2. The molecular weight excluding hydrogens is 240 g/mol. The van der Waals surface area contributed by atoms with Crippen LogP contribution in [0.2, 0.25) is 0 Å². The van der Waals surface area contributed by atoms with Crippen molar-refractivity contribution < 1.29 is 9.53 Å². The number of nitrogens with zero attached hydrogens (tertiary/aromatic N) is 1. The largest absolute Gasteiger partial charge is 0.444 e. The van der Waals surface area contributed by atoms with Gasteiger partial charge in [0.25, 0.3) is 0 Å². The molecule has 0 spiro atoms. The minimum Gasteiger partial charge on any atom is -0.444 e. The van der Waals surface area contributed by atoms with Crippen molar-refractivity contribution in [2.24, 2.45) is 0 Å². The first-order valence-corrected chi connectivity index (χ1v) is 6.17. The number of ether oxygens (including phenoxy) is 1. The van der Waals surface area contributed by atoms with Gasteiger partial charge < -0.3 is 10.1 Å². The Balaban J connectivity index is 2.50. The van der Waals surface area contributed by atoms with Gasteiger partial charge in [0.15, 0.2) is 0 Å². The van der Waals surface area contributed by atoms with Gasteiger partial charge in [-0.2, -0.15) is 0 Å². The molecule has 1 aromatic rings. The van der Waals surface area contributed by atoms with E-state index in [9.17, 15) is 4.79 Å². The molecule has 0 saturated carbocycles. The Hall–Kier alpha value is -2.02. The number of alkyl carbamates (subject to hydrolysis) is 1. The average molecular weight is 260 g/mol. The van der Waals surface area contributed by atoms with E-state index in [1.807, 2.05) is 46.8 Å². The SMILES string of the molecule is Cc1cc(C#CCNC(=O)OC(C)(C)C)cc(C)n1. The molecule has 0 fully saturated rings. The fourth-order valence-electron chi connectivity index (χ4n) is 1.48. The number of amides is 1. The van der Waals surface area contributed by atoms with E-state index in [0.717, 1.165) is 17.0 Å². The zero-order chi connectivity index (χ0) is 14.5. The Morgan fingerprint density at radius 2 is 1.89 bits per heavy atom. The van der Waals surface area contributed by atoms with Crippen LogP contribution in [0.25, 0.3) is 0 Å². The van der Waals surface area contributed by atoms with Crippen molar-refractivity contribution in [1.82, 2.24) is 10.3 Å². The molecule has 19 heavy (non-hydrogen) atoms. The highest BCUT2D eigenvalue weighted by atomic mass is 16.6. The van der Waals surface area contributed by atoms with Crippen molar-refractivity contribution in [1.29, 1.82) is 0 Å². The summed E-state index contributed by atoms with van der Waals surface area (Å²) in [6, 6.07) is 3.82. The quantitative estimate of drug-likeness (QED) is 0.790. The highest BCUT2D eigenvalue weighted by Crippen LogP contribution is 2.06. The standard InChI is InChI=1S/C15H20N2O2/c1-11-9-13(10-12(2)17-11)7-6-8-16-14(18)19-15(3,4)5/h9-10H,8H2,1-5H3,(H,16,18). The van der Waals surface area contributed by atoms with Gasteiger partial charge in [0, 0.05) is 17.0 Å². The first kappa shape index (κ1) is 15.0. The summed E-state index contributed by atoms with van der Waals surface area (Å²) in [4.78, 5) is 15.6. The van der Waals surface area contributed by atoms with Gasteiger partial charge in [0.1, 0.15) is 5.60 Å². The van der Waals surface area contributed by atoms with Crippen molar-refractivity contribution in [2.75, 3.05) is 6.54 Å². The molecule has 0 atom stereocenters. The minimum absolute atomic E-state index is 0.259. The molecule has 1 heterocycles. The van der Waals surface area contributed by atoms with E-state index in [0.29, 0.717) is 0 Å². The number of aryl methyl sites for hydroxylation is 2. The van der Waals surface area contributed by atoms with Crippen molar-refractivity contribution in [3.8, 4) is 11.8 Å². The summed E-state index contributed by atoms with van der Waals surface area (Å²) in [6.07, 6.45) is -0.455. The fourth-order valence-corrected chi connectivity index (χ4v) is 1.48. The van der Waals surface area contributed by atoms with E-state index in [4.69, 9.17) is 4.74 Å². The summed E-state index contributed by atoms with van der Waals surface area (Å²) < 4.78 is 5.10. The van der Waals surface area contributed by atoms with E-state index in [-0.39, 0.29) is 6.54 Å². The van der Waals surface area contributed by atoms with E-state index >= 15 is 0 Å². The van der Waals surface area contributed by atoms with E-state index in [1.165, 1.54) is 0 Å². The second-order valence-corrected chi connectivity index (χ2v) is 5.30. The third kappa shape index (κ3) is 6.46. The van der Waals surface area contributed by atoms with Crippen LogP contribution in [0.5, 0.6) is 0 Å². The average Bonchev–Trinajstić information content (AvgIpc) is 2.20. The first-order valence-electron chi connectivity index (χ1n) is 6.17. The van der Waals surface area contributed by atoms with Crippen LogP contribution in [0.3, 0.4) is 0 Å².